The maximum atomic E-state index is 12.2. The van der Waals surface area contributed by atoms with Crippen LogP contribution in [-0.2, 0) is 9.53 Å². The van der Waals surface area contributed by atoms with Crippen LogP contribution in [0.4, 0.5) is 11.5 Å². The molecule has 2 rings (SSSR count). The minimum atomic E-state index is -0.947. The molecule has 8 nitrogen and oxygen atoms in total. The van der Waals surface area contributed by atoms with Crippen LogP contribution in [0.1, 0.15) is 26.2 Å². The van der Waals surface area contributed by atoms with Crippen molar-refractivity contribution < 1.29 is 14.5 Å². The first kappa shape index (κ1) is 15.4. The molecule has 0 aromatic carbocycles. The van der Waals surface area contributed by atoms with E-state index in [1.54, 1.807) is 4.90 Å². The normalized spacial score (nSPS) is 21.4. The summed E-state index contributed by atoms with van der Waals surface area (Å²) in [4.78, 5) is 32.0. The topological polar surface area (TPSA) is 98.5 Å². The molecule has 1 aromatic rings. The van der Waals surface area contributed by atoms with Crippen LogP contribution in [0.5, 0.6) is 0 Å². The fourth-order valence-corrected chi connectivity index (χ4v) is 2.90. The largest absolute Gasteiger partial charge is 0.467 e. The molecule has 1 aliphatic rings. The van der Waals surface area contributed by atoms with Crippen LogP contribution in [0.3, 0.4) is 0 Å². The summed E-state index contributed by atoms with van der Waals surface area (Å²) in [6.07, 6.45) is 2.77. The van der Waals surface area contributed by atoms with Crippen molar-refractivity contribution in [3.05, 3.63) is 21.6 Å². The Bertz CT molecular complexity index is 582. The molecule has 0 unspecified atom stereocenters. The molecule has 2 heterocycles. The quantitative estimate of drug-likeness (QED) is 0.362. The molecular weight excluding hydrogens is 300 g/mol. The SMILES string of the molecule is CC[C@@]1(C(=O)OC)CCCN1c1nc(Cl)ncc1[N+](=O)[O-]. The molecule has 0 amide bonds. The van der Waals surface area contributed by atoms with E-state index in [1.165, 1.54) is 7.11 Å². The van der Waals surface area contributed by atoms with E-state index in [2.05, 4.69) is 9.97 Å². The fraction of sp³-hybridized carbons (Fsp3) is 0.583. The Morgan fingerprint density at radius 3 is 2.95 bits per heavy atom. The van der Waals surface area contributed by atoms with Crippen LogP contribution >= 0.6 is 11.6 Å². The highest BCUT2D eigenvalue weighted by molar-refractivity contribution is 6.28. The molecule has 1 fully saturated rings. The second-order valence-corrected chi connectivity index (χ2v) is 5.07. The predicted octanol–water partition coefficient (Wildman–Crippen LogP) is 1.96. The monoisotopic (exact) mass is 314 g/mol. The Hall–Kier alpha value is -1.96. The first-order valence-electron chi connectivity index (χ1n) is 6.49. The summed E-state index contributed by atoms with van der Waals surface area (Å²) in [5.41, 5.74) is -1.22. The van der Waals surface area contributed by atoms with Gasteiger partial charge in [-0.3, -0.25) is 10.1 Å². The highest BCUT2D eigenvalue weighted by Crippen LogP contribution is 2.40. The molecule has 0 saturated carbocycles. The summed E-state index contributed by atoms with van der Waals surface area (Å²) in [5, 5.41) is 11.1. The zero-order valence-corrected chi connectivity index (χ0v) is 12.5. The predicted molar refractivity (Wildman–Crippen MR) is 75.3 cm³/mol. The number of halogens is 1. The van der Waals surface area contributed by atoms with E-state index in [0.29, 0.717) is 25.8 Å². The summed E-state index contributed by atoms with van der Waals surface area (Å²) in [6.45, 7) is 2.31. The lowest BCUT2D eigenvalue weighted by molar-refractivity contribution is -0.384. The molecule has 0 spiro atoms. The lowest BCUT2D eigenvalue weighted by atomic mass is 9.93. The number of esters is 1. The van der Waals surface area contributed by atoms with Crippen molar-refractivity contribution in [2.45, 2.75) is 31.7 Å². The Kier molecular flexibility index (Phi) is 4.26. The summed E-state index contributed by atoms with van der Waals surface area (Å²) >= 11 is 5.76. The van der Waals surface area contributed by atoms with Crippen molar-refractivity contribution in [2.75, 3.05) is 18.6 Å². The summed E-state index contributed by atoms with van der Waals surface area (Å²) in [6, 6.07) is 0. The highest BCUT2D eigenvalue weighted by atomic mass is 35.5. The molecular formula is C12H15ClN4O4. The molecule has 9 heteroatoms. The van der Waals surface area contributed by atoms with E-state index >= 15 is 0 Å². The van der Waals surface area contributed by atoms with Gasteiger partial charge in [-0.25, -0.2) is 9.78 Å². The highest BCUT2D eigenvalue weighted by Gasteiger charge is 2.49. The number of carbonyl (C=O) groups is 1. The van der Waals surface area contributed by atoms with Gasteiger partial charge in [-0.05, 0) is 30.9 Å². The number of nitro groups is 1. The van der Waals surface area contributed by atoms with Gasteiger partial charge in [-0.1, -0.05) is 6.92 Å². The van der Waals surface area contributed by atoms with Gasteiger partial charge < -0.3 is 9.64 Å². The van der Waals surface area contributed by atoms with Crippen molar-refractivity contribution in [1.82, 2.24) is 9.97 Å². The number of methoxy groups -OCH3 is 1. The van der Waals surface area contributed by atoms with E-state index in [0.717, 1.165) is 6.20 Å². The first-order valence-corrected chi connectivity index (χ1v) is 6.87. The van der Waals surface area contributed by atoms with Gasteiger partial charge in [-0.2, -0.15) is 4.98 Å². The third-order valence-corrected chi connectivity index (χ3v) is 3.99. The van der Waals surface area contributed by atoms with Gasteiger partial charge in [-0.15, -0.1) is 0 Å². The van der Waals surface area contributed by atoms with Gasteiger partial charge in [0.1, 0.15) is 11.7 Å². The number of aromatic nitrogens is 2. The number of rotatable bonds is 4. The van der Waals surface area contributed by atoms with Crippen molar-refractivity contribution >= 4 is 29.1 Å². The second kappa shape index (κ2) is 5.80. The molecule has 0 N–H and O–H groups in total. The van der Waals surface area contributed by atoms with Crippen LogP contribution in [0.2, 0.25) is 5.28 Å². The van der Waals surface area contributed by atoms with Gasteiger partial charge in [0.25, 0.3) is 0 Å². The summed E-state index contributed by atoms with van der Waals surface area (Å²) in [7, 11) is 1.30. The Balaban J connectivity index is 2.56. The number of ether oxygens (including phenoxy) is 1. The molecule has 114 valence electrons. The average molecular weight is 315 g/mol. The van der Waals surface area contributed by atoms with E-state index < -0.39 is 16.4 Å². The van der Waals surface area contributed by atoms with E-state index in [9.17, 15) is 14.9 Å². The maximum Gasteiger partial charge on any atom is 0.331 e. The Morgan fingerprint density at radius 2 is 2.38 bits per heavy atom. The van der Waals surface area contributed by atoms with Gasteiger partial charge in [0.05, 0.1) is 12.0 Å². The van der Waals surface area contributed by atoms with Gasteiger partial charge in [0, 0.05) is 6.54 Å². The molecule has 0 aliphatic carbocycles. The standard InChI is InChI=1S/C12H15ClN4O4/c1-3-12(10(18)21-2)5-4-6-16(12)9-8(17(19)20)7-14-11(13)15-9/h7H,3-6H2,1-2H3/t12-/m0/s1. The molecule has 1 aliphatic heterocycles. The minimum absolute atomic E-state index is 0.0600. The van der Waals surface area contributed by atoms with E-state index in [4.69, 9.17) is 16.3 Å². The Morgan fingerprint density at radius 1 is 1.67 bits per heavy atom. The summed E-state index contributed by atoms with van der Waals surface area (Å²) < 4.78 is 4.88. The van der Waals surface area contributed by atoms with Crippen LogP contribution in [0.25, 0.3) is 0 Å². The fourth-order valence-electron chi connectivity index (χ4n) is 2.77. The third kappa shape index (κ3) is 2.51. The maximum absolute atomic E-state index is 12.2. The lowest BCUT2D eigenvalue weighted by Crippen LogP contribution is -2.51. The Labute approximate surface area is 126 Å². The zero-order valence-electron chi connectivity index (χ0n) is 11.7. The number of carbonyl (C=O) groups excluding carboxylic acids is 1. The van der Waals surface area contributed by atoms with Crippen molar-refractivity contribution in [2.24, 2.45) is 0 Å². The van der Waals surface area contributed by atoms with E-state index in [1.807, 2.05) is 6.92 Å². The molecule has 1 atom stereocenters. The van der Waals surface area contributed by atoms with Crippen molar-refractivity contribution in [1.29, 1.82) is 0 Å². The van der Waals surface area contributed by atoms with Gasteiger partial charge in [0.2, 0.25) is 11.1 Å². The van der Waals surface area contributed by atoms with Gasteiger partial charge >= 0.3 is 11.7 Å². The minimum Gasteiger partial charge on any atom is -0.467 e. The molecule has 21 heavy (non-hydrogen) atoms. The smallest absolute Gasteiger partial charge is 0.331 e. The zero-order chi connectivity index (χ0) is 15.6. The third-order valence-electron chi connectivity index (χ3n) is 3.81. The number of hydrogen-bond acceptors (Lipinski definition) is 7. The average Bonchev–Trinajstić information content (AvgIpc) is 2.90. The number of hydrogen-bond donors (Lipinski definition) is 0. The van der Waals surface area contributed by atoms with E-state index in [-0.39, 0.29) is 16.8 Å². The van der Waals surface area contributed by atoms with Crippen LogP contribution in [-0.4, -0.2) is 40.1 Å². The van der Waals surface area contributed by atoms with Crippen LogP contribution in [0.15, 0.2) is 6.20 Å². The first-order chi connectivity index (χ1) is 9.96. The molecule has 1 saturated heterocycles. The molecule has 1 aromatic heterocycles. The second-order valence-electron chi connectivity index (χ2n) is 4.74. The van der Waals surface area contributed by atoms with Crippen LogP contribution in [0, 0.1) is 10.1 Å². The number of anilines is 1. The van der Waals surface area contributed by atoms with Crippen molar-refractivity contribution in [3.8, 4) is 0 Å². The van der Waals surface area contributed by atoms with Crippen molar-refractivity contribution in [3.63, 3.8) is 0 Å². The van der Waals surface area contributed by atoms with Gasteiger partial charge in [0.15, 0.2) is 0 Å². The summed E-state index contributed by atoms with van der Waals surface area (Å²) in [5.74, 6) is -0.365. The molecule has 0 bridgehead atoms. The lowest BCUT2D eigenvalue weighted by Gasteiger charge is -2.35. The number of nitrogens with zero attached hydrogens (tertiary/aromatic N) is 4. The molecule has 0 radical (unpaired) electrons. The van der Waals surface area contributed by atoms with Crippen LogP contribution < -0.4 is 4.90 Å².